The van der Waals surface area contributed by atoms with E-state index in [2.05, 4.69) is 58.6 Å². The van der Waals surface area contributed by atoms with Gasteiger partial charge in [0.15, 0.2) is 0 Å². The highest BCUT2D eigenvalue weighted by molar-refractivity contribution is 7.80. The molecule has 0 radical (unpaired) electrons. The maximum atomic E-state index is 4.64. The molecule has 3 heteroatoms. The quantitative estimate of drug-likeness (QED) is 0.508. The highest BCUT2D eigenvalue weighted by Crippen LogP contribution is 2.34. The monoisotopic (exact) mass is 276 g/mol. The van der Waals surface area contributed by atoms with Crippen LogP contribution in [0.2, 0.25) is 0 Å². The molecule has 4 aromatic rings. The Morgan fingerprint density at radius 3 is 2.55 bits per heavy atom. The van der Waals surface area contributed by atoms with E-state index in [-0.39, 0.29) is 0 Å². The maximum Gasteiger partial charge on any atom is 0.0674 e. The van der Waals surface area contributed by atoms with E-state index in [0.717, 1.165) is 27.0 Å². The molecule has 2 nitrogen and oxygen atoms in total. The van der Waals surface area contributed by atoms with Crippen molar-refractivity contribution in [2.24, 2.45) is 0 Å². The summed E-state index contributed by atoms with van der Waals surface area (Å²) in [6.07, 6.45) is 3.75. The Hall–Kier alpha value is -2.26. The van der Waals surface area contributed by atoms with Crippen molar-refractivity contribution in [2.45, 2.75) is 4.90 Å². The third-order valence-corrected chi connectivity index (χ3v) is 3.94. The molecule has 0 spiro atoms. The Morgan fingerprint density at radius 1 is 0.850 bits per heavy atom. The molecule has 0 unspecified atom stereocenters. The number of hydrogen-bond donors (Lipinski definition) is 1. The number of rotatable bonds is 1. The van der Waals surface area contributed by atoms with Gasteiger partial charge in [-0.2, -0.15) is 0 Å². The molecular formula is C17H12N2S. The molecule has 0 saturated heterocycles. The average Bonchev–Trinajstić information content (AvgIpc) is 2.84. The molecule has 0 amide bonds. The predicted molar refractivity (Wildman–Crippen MR) is 85.8 cm³/mol. The van der Waals surface area contributed by atoms with E-state index >= 15 is 0 Å². The Balaban J connectivity index is 2.27. The summed E-state index contributed by atoms with van der Waals surface area (Å²) < 4.78 is 2.24. The van der Waals surface area contributed by atoms with E-state index in [1.807, 2.05) is 30.6 Å². The number of hydrogen-bond acceptors (Lipinski definition) is 2. The summed E-state index contributed by atoms with van der Waals surface area (Å²) in [4.78, 5) is 5.24. The van der Waals surface area contributed by atoms with Crippen molar-refractivity contribution in [3.05, 3.63) is 67.0 Å². The summed E-state index contributed by atoms with van der Waals surface area (Å²) in [7, 11) is 0. The van der Waals surface area contributed by atoms with Crippen LogP contribution in [0.1, 0.15) is 0 Å². The van der Waals surface area contributed by atoms with Gasteiger partial charge in [-0.3, -0.25) is 4.98 Å². The van der Waals surface area contributed by atoms with E-state index in [1.165, 1.54) is 5.39 Å². The summed E-state index contributed by atoms with van der Waals surface area (Å²) in [6, 6.07) is 18.6. The minimum absolute atomic E-state index is 0.975. The zero-order valence-corrected chi connectivity index (χ0v) is 11.6. The first-order valence-corrected chi connectivity index (χ1v) is 6.92. The van der Waals surface area contributed by atoms with Crippen LogP contribution in [0.25, 0.3) is 27.5 Å². The molecule has 20 heavy (non-hydrogen) atoms. The average molecular weight is 276 g/mol. The molecule has 96 valence electrons. The maximum absolute atomic E-state index is 4.64. The van der Waals surface area contributed by atoms with Gasteiger partial charge in [0.2, 0.25) is 0 Å². The molecule has 0 fully saturated rings. The summed E-state index contributed by atoms with van der Waals surface area (Å²) in [5.74, 6) is 0. The van der Waals surface area contributed by atoms with Crippen LogP contribution < -0.4 is 0 Å². The van der Waals surface area contributed by atoms with Gasteiger partial charge in [-0.1, -0.05) is 30.3 Å². The van der Waals surface area contributed by atoms with Gasteiger partial charge >= 0.3 is 0 Å². The molecule has 0 saturated carbocycles. The topological polar surface area (TPSA) is 17.8 Å². The van der Waals surface area contributed by atoms with Crippen LogP contribution in [0.3, 0.4) is 0 Å². The van der Waals surface area contributed by atoms with Crippen LogP contribution in [-0.4, -0.2) is 9.55 Å². The third kappa shape index (κ3) is 1.57. The second-order valence-corrected chi connectivity index (χ2v) is 5.22. The van der Waals surface area contributed by atoms with Gasteiger partial charge in [0.05, 0.1) is 11.0 Å². The van der Waals surface area contributed by atoms with Crippen LogP contribution >= 0.6 is 12.6 Å². The molecule has 2 heterocycles. The predicted octanol–water partition coefficient (Wildman–Crippen LogP) is 4.47. The fraction of sp³-hybridized carbons (Fsp3) is 0. The van der Waals surface area contributed by atoms with E-state index in [1.54, 1.807) is 0 Å². The van der Waals surface area contributed by atoms with Crippen LogP contribution in [0.4, 0.5) is 0 Å². The van der Waals surface area contributed by atoms with Crippen LogP contribution in [0, 0.1) is 0 Å². The van der Waals surface area contributed by atoms with Gasteiger partial charge in [-0.25, -0.2) is 0 Å². The largest absolute Gasteiger partial charge is 0.308 e. The first kappa shape index (κ1) is 11.6. The van der Waals surface area contributed by atoms with Gasteiger partial charge < -0.3 is 4.57 Å². The summed E-state index contributed by atoms with van der Waals surface area (Å²) >= 11 is 4.64. The Labute approximate surface area is 122 Å². The van der Waals surface area contributed by atoms with Crippen molar-refractivity contribution in [1.82, 2.24) is 9.55 Å². The molecule has 4 rings (SSSR count). The number of benzene rings is 2. The molecule has 0 aliphatic rings. The zero-order valence-electron chi connectivity index (χ0n) is 10.7. The second-order valence-electron chi connectivity index (χ2n) is 4.74. The lowest BCUT2D eigenvalue weighted by atomic mass is 10.2. The molecule has 0 aliphatic heterocycles. The summed E-state index contributed by atoms with van der Waals surface area (Å²) in [5.41, 5.74) is 3.42. The third-order valence-electron chi connectivity index (χ3n) is 3.58. The molecular weight excluding hydrogens is 264 g/mol. The van der Waals surface area contributed by atoms with E-state index < -0.39 is 0 Å². The summed E-state index contributed by atoms with van der Waals surface area (Å²) in [5, 5.41) is 2.34. The number of fused-ring (bicyclic) bond motifs is 3. The van der Waals surface area contributed by atoms with Crippen molar-refractivity contribution in [3.8, 4) is 5.69 Å². The fourth-order valence-corrected chi connectivity index (χ4v) is 3.05. The Bertz CT molecular complexity index is 910. The minimum Gasteiger partial charge on any atom is -0.308 e. The van der Waals surface area contributed by atoms with Crippen LogP contribution in [0.5, 0.6) is 0 Å². The fourth-order valence-electron chi connectivity index (χ4n) is 2.74. The number of aromatic nitrogens is 2. The number of nitrogens with zero attached hydrogens (tertiary/aromatic N) is 2. The van der Waals surface area contributed by atoms with Crippen molar-refractivity contribution in [1.29, 1.82) is 0 Å². The SMILES string of the molecule is Sc1cccc2c3cnccc3n(-c3ccccc3)c12. The standard InChI is InChI=1S/C17H12N2S/c20-16-8-4-7-13-14-11-18-10-9-15(14)19(17(13)16)12-5-2-1-3-6-12/h1-11,20H. The normalized spacial score (nSPS) is 11.2. The summed E-state index contributed by atoms with van der Waals surface area (Å²) in [6.45, 7) is 0. The Kier molecular flexibility index (Phi) is 2.54. The van der Waals surface area contributed by atoms with Crippen molar-refractivity contribution < 1.29 is 0 Å². The van der Waals surface area contributed by atoms with Crippen LogP contribution in [0.15, 0.2) is 71.9 Å². The van der Waals surface area contributed by atoms with Crippen molar-refractivity contribution in [3.63, 3.8) is 0 Å². The minimum atomic E-state index is 0.975. The second kappa shape index (κ2) is 4.39. The lowest BCUT2D eigenvalue weighted by molar-refractivity contribution is 1.15. The lowest BCUT2D eigenvalue weighted by Crippen LogP contribution is -1.93. The van der Waals surface area contributed by atoms with E-state index in [0.29, 0.717) is 0 Å². The van der Waals surface area contributed by atoms with E-state index in [4.69, 9.17) is 0 Å². The Morgan fingerprint density at radius 2 is 1.70 bits per heavy atom. The molecule has 2 aromatic heterocycles. The van der Waals surface area contributed by atoms with Gasteiger partial charge in [0.25, 0.3) is 0 Å². The highest BCUT2D eigenvalue weighted by Gasteiger charge is 2.13. The molecule has 2 aromatic carbocycles. The smallest absolute Gasteiger partial charge is 0.0674 e. The van der Waals surface area contributed by atoms with Gasteiger partial charge in [-0.05, 0) is 24.3 Å². The lowest BCUT2D eigenvalue weighted by Gasteiger charge is -2.08. The first-order valence-electron chi connectivity index (χ1n) is 6.48. The molecule has 0 atom stereocenters. The number of pyridine rings is 1. The van der Waals surface area contributed by atoms with Gasteiger partial charge in [0, 0.05) is 33.7 Å². The van der Waals surface area contributed by atoms with Gasteiger partial charge in [0.1, 0.15) is 0 Å². The molecule has 0 aliphatic carbocycles. The van der Waals surface area contributed by atoms with Crippen molar-refractivity contribution >= 4 is 34.4 Å². The molecule has 0 N–H and O–H groups in total. The number of thiol groups is 1. The van der Waals surface area contributed by atoms with Gasteiger partial charge in [-0.15, -0.1) is 12.6 Å². The van der Waals surface area contributed by atoms with Crippen LogP contribution in [-0.2, 0) is 0 Å². The molecule has 0 bridgehead atoms. The van der Waals surface area contributed by atoms with Crippen molar-refractivity contribution in [2.75, 3.05) is 0 Å². The highest BCUT2D eigenvalue weighted by atomic mass is 32.1. The first-order chi connectivity index (χ1) is 9.86. The number of para-hydroxylation sites is 2. The van der Waals surface area contributed by atoms with E-state index in [9.17, 15) is 0 Å². The zero-order chi connectivity index (χ0) is 13.5.